The van der Waals surface area contributed by atoms with Crippen LogP contribution in [0.4, 0.5) is 17.6 Å². The van der Waals surface area contributed by atoms with Gasteiger partial charge in [0, 0.05) is 13.6 Å². The SMILES string of the molecule is CN(C(CO)C(=O)NCc1cccc(-c2ccc(C(F)(F)F)cc2)c1)S(=O)c1ccc(F)cc1. The molecule has 2 N–H and O–H groups in total. The van der Waals surface area contributed by atoms with Gasteiger partial charge in [0.15, 0.2) is 0 Å². The highest BCUT2D eigenvalue weighted by atomic mass is 32.2. The molecule has 5 nitrogen and oxygen atoms in total. The van der Waals surface area contributed by atoms with Crippen LogP contribution in [0.25, 0.3) is 11.1 Å². The van der Waals surface area contributed by atoms with E-state index >= 15 is 0 Å². The van der Waals surface area contributed by atoms with Gasteiger partial charge < -0.3 is 10.4 Å². The number of halogens is 4. The van der Waals surface area contributed by atoms with E-state index in [1.807, 2.05) is 0 Å². The second-order valence-electron chi connectivity index (χ2n) is 7.44. The lowest BCUT2D eigenvalue weighted by Gasteiger charge is -2.24. The van der Waals surface area contributed by atoms with Gasteiger partial charge in [-0.25, -0.2) is 12.9 Å². The molecule has 10 heteroatoms. The second kappa shape index (κ2) is 10.9. The van der Waals surface area contributed by atoms with E-state index in [2.05, 4.69) is 5.32 Å². The van der Waals surface area contributed by atoms with Gasteiger partial charge in [-0.1, -0.05) is 30.3 Å². The standard InChI is InChI=1S/C24H22F4N2O3S/c1-30(34(33)21-11-9-20(25)10-12-21)22(15-31)23(32)29-14-16-3-2-4-18(13-16)17-5-7-19(8-6-17)24(26,27)28/h2-13,22,31H,14-15H2,1H3,(H,29,32). The molecular formula is C24H22F4N2O3S. The summed E-state index contributed by atoms with van der Waals surface area (Å²) in [5, 5.41) is 12.4. The average molecular weight is 495 g/mol. The molecule has 0 spiro atoms. The molecule has 3 aromatic rings. The first kappa shape index (κ1) is 25.5. The summed E-state index contributed by atoms with van der Waals surface area (Å²) < 4.78 is 65.3. The predicted molar refractivity (Wildman–Crippen MR) is 120 cm³/mol. The third-order valence-electron chi connectivity index (χ3n) is 5.13. The zero-order valence-electron chi connectivity index (χ0n) is 18.1. The molecule has 0 fully saturated rings. The van der Waals surface area contributed by atoms with Gasteiger partial charge in [0.2, 0.25) is 5.91 Å². The third-order valence-corrected chi connectivity index (χ3v) is 6.58. The summed E-state index contributed by atoms with van der Waals surface area (Å²) in [4.78, 5) is 12.9. The van der Waals surface area contributed by atoms with Crippen LogP contribution in [0.3, 0.4) is 0 Å². The van der Waals surface area contributed by atoms with Crippen LogP contribution in [0.5, 0.6) is 0 Å². The normalized spacial score (nSPS) is 13.5. The number of aliphatic hydroxyl groups excluding tert-OH is 1. The van der Waals surface area contributed by atoms with E-state index in [1.165, 1.54) is 35.6 Å². The summed E-state index contributed by atoms with van der Waals surface area (Å²) in [5.41, 5.74) is 1.21. The summed E-state index contributed by atoms with van der Waals surface area (Å²) in [7, 11) is -0.398. The number of nitrogens with one attached hydrogen (secondary N) is 1. The minimum atomic E-state index is -4.42. The Bertz CT molecular complexity index is 1150. The fourth-order valence-corrected chi connectivity index (χ4v) is 4.31. The van der Waals surface area contributed by atoms with E-state index in [0.29, 0.717) is 16.7 Å². The van der Waals surface area contributed by atoms with E-state index in [9.17, 15) is 31.7 Å². The molecule has 0 aliphatic carbocycles. The monoisotopic (exact) mass is 494 g/mol. The quantitative estimate of drug-likeness (QED) is 0.463. The van der Waals surface area contributed by atoms with Crippen LogP contribution >= 0.6 is 0 Å². The van der Waals surface area contributed by atoms with Crippen molar-refractivity contribution in [2.45, 2.75) is 23.7 Å². The van der Waals surface area contributed by atoms with Crippen LogP contribution in [0.15, 0.2) is 77.7 Å². The fourth-order valence-electron chi connectivity index (χ4n) is 3.22. The van der Waals surface area contributed by atoms with Crippen molar-refractivity contribution in [3.63, 3.8) is 0 Å². The van der Waals surface area contributed by atoms with E-state index < -0.39 is 47.1 Å². The summed E-state index contributed by atoms with van der Waals surface area (Å²) in [5.74, 6) is -1.06. The van der Waals surface area contributed by atoms with Crippen LogP contribution in [0.2, 0.25) is 0 Å². The molecule has 0 heterocycles. The molecule has 0 radical (unpaired) electrons. The summed E-state index contributed by atoms with van der Waals surface area (Å²) >= 11 is 0. The number of rotatable bonds is 8. The summed E-state index contributed by atoms with van der Waals surface area (Å²) in [6.45, 7) is -0.512. The van der Waals surface area contributed by atoms with Crippen molar-refractivity contribution < 1.29 is 31.7 Å². The number of carbonyl (C=O) groups is 1. The number of amides is 1. The lowest BCUT2D eigenvalue weighted by molar-refractivity contribution is -0.137. The van der Waals surface area contributed by atoms with Gasteiger partial charge >= 0.3 is 6.18 Å². The van der Waals surface area contributed by atoms with Gasteiger partial charge in [-0.3, -0.25) is 4.79 Å². The number of nitrogens with zero attached hydrogens (tertiary/aromatic N) is 1. The van der Waals surface area contributed by atoms with Gasteiger partial charge in [-0.2, -0.15) is 13.2 Å². The van der Waals surface area contributed by atoms with Crippen LogP contribution in [-0.2, 0) is 28.5 Å². The molecule has 0 saturated heterocycles. The molecular weight excluding hydrogens is 472 g/mol. The van der Waals surface area contributed by atoms with Crippen molar-refractivity contribution in [1.29, 1.82) is 0 Å². The first-order valence-corrected chi connectivity index (χ1v) is 11.3. The summed E-state index contributed by atoms with van der Waals surface area (Å²) in [6, 6.07) is 15.5. The predicted octanol–water partition coefficient (Wildman–Crippen LogP) is 4.14. The van der Waals surface area contributed by atoms with Crippen LogP contribution in [0, 0.1) is 5.82 Å². The first-order valence-electron chi connectivity index (χ1n) is 10.2. The molecule has 1 amide bonds. The van der Waals surface area contributed by atoms with Crippen LogP contribution < -0.4 is 5.32 Å². The van der Waals surface area contributed by atoms with Crippen molar-refractivity contribution in [2.24, 2.45) is 0 Å². The Labute approximate surface area is 196 Å². The van der Waals surface area contributed by atoms with Crippen molar-refractivity contribution in [1.82, 2.24) is 9.62 Å². The molecule has 0 saturated carbocycles. The zero-order valence-corrected chi connectivity index (χ0v) is 18.9. The Kier molecular flexibility index (Phi) is 8.19. The van der Waals surface area contributed by atoms with Crippen molar-refractivity contribution in [2.75, 3.05) is 13.7 Å². The molecule has 2 unspecified atom stereocenters. The number of likely N-dealkylation sites (N-methyl/N-ethyl adjacent to an activating group) is 1. The largest absolute Gasteiger partial charge is 0.416 e. The number of hydrogen-bond acceptors (Lipinski definition) is 3. The molecule has 0 aliphatic heterocycles. The van der Waals surface area contributed by atoms with Gasteiger partial charge in [-0.05, 0) is 59.2 Å². The Hall–Kier alpha value is -3.08. The summed E-state index contributed by atoms with van der Waals surface area (Å²) in [6.07, 6.45) is -4.42. The molecule has 0 aliphatic rings. The molecule has 0 aromatic heterocycles. The smallest absolute Gasteiger partial charge is 0.394 e. The topological polar surface area (TPSA) is 69.6 Å². The second-order valence-corrected chi connectivity index (χ2v) is 8.99. The Balaban J connectivity index is 1.66. The number of hydrogen-bond donors (Lipinski definition) is 2. The maximum Gasteiger partial charge on any atom is 0.416 e. The minimum Gasteiger partial charge on any atom is -0.394 e. The van der Waals surface area contributed by atoms with Crippen LogP contribution in [-0.4, -0.2) is 39.2 Å². The van der Waals surface area contributed by atoms with E-state index in [1.54, 1.807) is 24.3 Å². The van der Waals surface area contributed by atoms with Gasteiger partial charge in [0.05, 0.1) is 17.1 Å². The highest BCUT2D eigenvalue weighted by Gasteiger charge is 2.30. The maximum atomic E-state index is 13.1. The molecule has 2 atom stereocenters. The lowest BCUT2D eigenvalue weighted by atomic mass is 10.0. The Morgan fingerprint density at radius 3 is 2.26 bits per heavy atom. The fraction of sp³-hybridized carbons (Fsp3) is 0.208. The molecule has 3 aromatic carbocycles. The third kappa shape index (κ3) is 6.28. The number of benzene rings is 3. The molecule has 180 valence electrons. The van der Waals surface area contributed by atoms with E-state index in [4.69, 9.17) is 0 Å². The number of aliphatic hydroxyl groups is 1. The van der Waals surface area contributed by atoms with Crippen molar-refractivity contribution in [3.8, 4) is 11.1 Å². The number of alkyl halides is 3. The molecule has 3 rings (SSSR count). The Morgan fingerprint density at radius 1 is 1.03 bits per heavy atom. The first-order chi connectivity index (χ1) is 16.1. The van der Waals surface area contributed by atoms with E-state index in [0.717, 1.165) is 24.3 Å². The minimum absolute atomic E-state index is 0.0842. The van der Waals surface area contributed by atoms with Crippen LogP contribution in [0.1, 0.15) is 11.1 Å². The van der Waals surface area contributed by atoms with Gasteiger partial charge in [-0.15, -0.1) is 0 Å². The zero-order chi connectivity index (χ0) is 24.9. The van der Waals surface area contributed by atoms with Crippen molar-refractivity contribution >= 4 is 16.9 Å². The van der Waals surface area contributed by atoms with Gasteiger partial charge in [0.1, 0.15) is 22.8 Å². The van der Waals surface area contributed by atoms with E-state index in [-0.39, 0.29) is 11.4 Å². The highest BCUT2D eigenvalue weighted by molar-refractivity contribution is 7.82. The van der Waals surface area contributed by atoms with Gasteiger partial charge in [0.25, 0.3) is 0 Å². The van der Waals surface area contributed by atoms with Crippen molar-refractivity contribution in [3.05, 3.63) is 89.7 Å². The number of carbonyl (C=O) groups excluding carboxylic acids is 1. The average Bonchev–Trinajstić information content (AvgIpc) is 2.83. The maximum absolute atomic E-state index is 13.1. The highest BCUT2D eigenvalue weighted by Crippen LogP contribution is 2.31. The Morgan fingerprint density at radius 2 is 1.68 bits per heavy atom. The molecule has 34 heavy (non-hydrogen) atoms. The molecule has 0 bridgehead atoms. The lowest BCUT2D eigenvalue weighted by Crippen LogP contribution is -2.47.